The quantitative estimate of drug-likeness (QED) is 0.691. The van der Waals surface area contributed by atoms with Crippen LogP contribution in [0, 0.1) is 0 Å². The summed E-state index contributed by atoms with van der Waals surface area (Å²) < 4.78 is 9.45. The monoisotopic (exact) mass is 383 g/mol. The zero-order valence-electron chi connectivity index (χ0n) is 14.5. The van der Waals surface area contributed by atoms with Gasteiger partial charge in [-0.1, -0.05) is 6.42 Å². The molecule has 1 aliphatic rings. The number of carbonyl (C=O) groups excluding carboxylic acids is 4. The predicted octanol–water partition coefficient (Wildman–Crippen LogP) is 0.743. The second kappa shape index (κ2) is 9.85. The fourth-order valence-electron chi connectivity index (χ4n) is 2.37. The lowest BCUT2D eigenvalue weighted by molar-refractivity contribution is -0.151. The van der Waals surface area contributed by atoms with Gasteiger partial charge in [0.1, 0.15) is 6.54 Å². The summed E-state index contributed by atoms with van der Waals surface area (Å²) in [4.78, 5) is 52.2. The molecule has 2 rings (SSSR count). The van der Waals surface area contributed by atoms with Gasteiger partial charge in [0.15, 0.2) is 11.7 Å². The number of aromatic nitrogens is 1. The molecule has 1 aromatic heterocycles. The highest BCUT2D eigenvalue weighted by Gasteiger charge is 2.20. The van der Waals surface area contributed by atoms with Crippen LogP contribution in [0.2, 0.25) is 0 Å². The minimum atomic E-state index is -0.624. The number of anilines is 1. The van der Waals surface area contributed by atoms with E-state index in [1.54, 1.807) is 5.38 Å². The first-order valence-electron chi connectivity index (χ1n) is 8.22. The van der Waals surface area contributed by atoms with Crippen molar-refractivity contribution in [1.29, 1.82) is 0 Å². The number of esters is 2. The molecule has 0 atom stereocenters. The lowest BCUT2D eigenvalue weighted by atomic mass is 10.2. The predicted molar refractivity (Wildman–Crippen MR) is 92.5 cm³/mol. The van der Waals surface area contributed by atoms with Crippen molar-refractivity contribution >= 4 is 40.2 Å². The molecule has 1 N–H and O–H groups in total. The van der Waals surface area contributed by atoms with Gasteiger partial charge in [0, 0.05) is 18.3 Å². The van der Waals surface area contributed by atoms with Crippen LogP contribution in [-0.2, 0) is 35.1 Å². The number of hydrogen-bond acceptors (Lipinski definition) is 8. The first-order valence-corrected chi connectivity index (χ1v) is 9.10. The van der Waals surface area contributed by atoms with Crippen molar-refractivity contribution in [2.45, 2.75) is 32.1 Å². The summed E-state index contributed by atoms with van der Waals surface area (Å²) in [5.74, 6) is -1.66. The third kappa shape index (κ3) is 6.43. The standard InChI is InChI=1S/C16H21N3O6S/c1-24-14(22)7-11-10-26-16(17-11)18-12(20)9-25-15(23)8-19-6-4-2-3-5-13(19)21/h10H,2-9H2,1H3,(H,17,18,20). The van der Waals surface area contributed by atoms with Crippen LogP contribution in [0.1, 0.15) is 31.4 Å². The van der Waals surface area contributed by atoms with Crippen molar-refractivity contribution in [3.8, 4) is 0 Å². The van der Waals surface area contributed by atoms with E-state index in [1.165, 1.54) is 12.0 Å². The lowest BCUT2D eigenvalue weighted by Gasteiger charge is -2.19. The molecule has 1 aliphatic heterocycles. The van der Waals surface area contributed by atoms with E-state index in [9.17, 15) is 19.2 Å². The number of nitrogens with one attached hydrogen (secondary N) is 1. The number of methoxy groups -OCH3 is 1. The van der Waals surface area contributed by atoms with E-state index < -0.39 is 24.5 Å². The maximum atomic E-state index is 11.8. The molecule has 0 spiro atoms. The van der Waals surface area contributed by atoms with Gasteiger partial charge < -0.3 is 14.4 Å². The molecule has 142 valence electrons. The molecule has 1 aromatic rings. The van der Waals surface area contributed by atoms with Crippen molar-refractivity contribution in [1.82, 2.24) is 9.88 Å². The van der Waals surface area contributed by atoms with E-state index >= 15 is 0 Å². The summed E-state index contributed by atoms with van der Waals surface area (Å²) in [6.45, 7) is -0.0817. The number of rotatable bonds is 7. The minimum Gasteiger partial charge on any atom is -0.469 e. The Kier molecular flexibility index (Phi) is 7.52. The highest BCUT2D eigenvalue weighted by atomic mass is 32.1. The van der Waals surface area contributed by atoms with Crippen molar-refractivity contribution in [3.63, 3.8) is 0 Å². The van der Waals surface area contributed by atoms with Crippen LogP contribution in [0.3, 0.4) is 0 Å². The van der Waals surface area contributed by atoms with Crippen LogP contribution in [0.4, 0.5) is 5.13 Å². The van der Waals surface area contributed by atoms with Gasteiger partial charge in [0.05, 0.1) is 19.2 Å². The average molecular weight is 383 g/mol. The van der Waals surface area contributed by atoms with Gasteiger partial charge in [-0.2, -0.15) is 0 Å². The number of nitrogens with zero attached hydrogens (tertiary/aromatic N) is 2. The number of ether oxygens (including phenoxy) is 2. The molecule has 9 nitrogen and oxygen atoms in total. The molecular formula is C16H21N3O6S. The third-order valence-electron chi connectivity index (χ3n) is 3.71. The molecule has 1 fully saturated rings. The first-order chi connectivity index (χ1) is 12.5. The number of likely N-dealkylation sites (tertiary alicyclic amines) is 1. The van der Waals surface area contributed by atoms with Crippen molar-refractivity contribution in [2.24, 2.45) is 0 Å². The first kappa shape index (κ1) is 19.8. The third-order valence-corrected chi connectivity index (χ3v) is 4.51. The highest BCUT2D eigenvalue weighted by molar-refractivity contribution is 7.13. The summed E-state index contributed by atoms with van der Waals surface area (Å²) in [7, 11) is 1.28. The Bertz CT molecular complexity index is 675. The van der Waals surface area contributed by atoms with Gasteiger partial charge >= 0.3 is 11.9 Å². The van der Waals surface area contributed by atoms with E-state index in [0.717, 1.165) is 30.6 Å². The van der Waals surface area contributed by atoms with Gasteiger partial charge in [0.2, 0.25) is 5.91 Å². The summed E-state index contributed by atoms with van der Waals surface area (Å²) >= 11 is 1.15. The maximum Gasteiger partial charge on any atom is 0.326 e. The van der Waals surface area contributed by atoms with E-state index in [-0.39, 0.29) is 18.9 Å². The highest BCUT2D eigenvalue weighted by Crippen LogP contribution is 2.16. The van der Waals surface area contributed by atoms with Crippen LogP contribution in [0.25, 0.3) is 0 Å². The van der Waals surface area contributed by atoms with Gasteiger partial charge in [-0.25, -0.2) is 4.98 Å². The molecule has 2 heterocycles. The molecule has 0 radical (unpaired) electrons. The van der Waals surface area contributed by atoms with E-state index in [2.05, 4.69) is 15.0 Å². The van der Waals surface area contributed by atoms with Crippen molar-refractivity contribution < 1.29 is 28.7 Å². The van der Waals surface area contributed by atoms with Crippen molar-refractivity contribution in [2.75, 3.05) is 32.1 Å². The van der Waals surface area contributed by atoms with E-state index in [4.69, 9.17) is 4.74 Å². The fraction of sp³-hybridized carbons (Fsp3) is 0.562. The van der Waals surface area contributed by atoms with Crippen LogP contribution < -0.4 is 5.32 Å². The second-order valence-electron chi connectivity index (χ2n) is 5.73. The molecule has 0 aliphatic carbocycles. The summed E-state index contributed by atoms with van der Waals surface area (Å²) in [5.41, 5.74) is 0.480. The molecule has 0 unspecified atom stereocenters. The van der Waals surface area contributed by atoms with E-state index in [1.807, 2.05) is 0 Å². The van der Waals surface area contributed by atoms with Crippen LogP contribution in [0.15, 0.2) is 5.38 Å². The largest absolute Gasteiger partial charge is 0.469 e. The lowest BCUT2D eigenvalue weighted by Crippen LogP contribution is -2.36. The van der Waals surface area contributed by atoms with Crippen molar-refractivity contribution in [3.05, 3.63) is 11.1 Å². The van der Waals surface area contributed by atoms with Crippen LogP contribution >= 0.6 is 11.3 Å². The second-order valence-corrected chi connectivity index (χ2v) is 6.59. The Morgan fingerprint density at radius 1 is 1.27 bits per heavy atom. The topological polar surface area (TPSA) is 115 Å². The molecule has 0 aromatic carbocycles. The summed E-state index contributed by atoms with van der Waals surface area (Å²) in [6.07, 6.45) is 3.11. The number of carbonyl (C=O) groups is 4. The van der Waals surface area contributed by atoms with Gasteiger partial charge in [-0.05, 0) is 12.8 Å². The van der Waals surface area contributed by atoms with E-state index in [0.29, 0.717) is 23.8 Å². The number of thiazole rings is 1. The minimum absolute atomic E-state index is 0.0156. The molecule has 26 heavy (non-hydrogen) atoms. The summed E-state index contributed by atoms with van der Waals surface area (Å²) in [5, 5.41) is 4.42. The molecular weight excluding hydrogens is 362 g/mol. The Labute approximate surface area is 154 Å². The zero-order chi connectivity index (χ0) is 18.9. The maximum absolute atomic E-state index is 11.8. The molecule has 2 amide bonds. The Balaban J connectivity index is 1.73. The molecule has 1 saturated heterocycles. The van der Waals surface area contributed by atoms with Gasteiger partial charge in [-0.3, -0.25) is 24.5 Å². The molecule has 10 heteroatoms. The Hall–Kier alpha value is -2.49. The fourth-order valence-corrected chi connectivity index (χ4v) is 3.10. The molecule has 0 bridgehead atoms. The summed E-state index contributed by atoms with van der Waals surface area (Å²) in [6, 6.07) is 0. The normalized spacial score (nSPS) is 14.5. The van der Waals surface area contributed by atoms with Crippen LogP contribution in [0.5, 0.6) is 0 Å². The SMILES string of the molecule is COC(=O)Cc1csc(NC(=O)COC(=O)CN2CCCCCC2=O)n1. The number of amides is 2. The average Bonchev–Trinajstić information content (AvgIpc) is 2.94. The van der Waals surface area contributed by atoms with Gasteiger partial charge in [-0.15, -0.1) is 11.3 Å². The van der Waals surface area contributed by atoms with Gasteiger partial charge in [0.25, 0.3) is 5.91 Å². The number of hydrogen-bond donors (Lipinski definition) is 1. The van der Waals surface area contributed by atoms with Crippen LogP contribution in [-0.4, -0.2) is 60.4 Å². The Morgan fingerprint density at radius 3 is 2.85 bits per heavy atom. The smallest absolute Gasteiger partial charge is 0.326 e. The Morgan fingerprint density at radius 2 is 2.08 bits per heavy atom. The zero-order valence-corrected chi connectivity index (χ0v) is 15.3. The molecule has 0 saturated carbocycles.